The maximum atomic E-state index is 5.32. The number of hydrogen-bond acceptors (Lipinski definition) is 3. The van der Waals surface area contributed by atoms with Crippen LogP contribution in [-0.4, -0.2) is 18.6 Å². The summed E-state index contributed by atoms with van der Waals surface area (Å²) in [6.07, 6.45) is 10.5. The molecule has 1 aliphatic carbocycles. The molecule has 1 aromatic rings. The predicted molar refractivity (Wildman–Crippen MR) is 82.9 cm³/mol. The Hall–Kier alpha value is -1.09. The van der Waals surface area contributed by atoms with Crippen LogP contribution in [0, 0.1) is 11.8 Å². The summed E-state index contributed by atoms with van der Waals surface area (Å²) < 4.78 is 5.32. The van der Waals surface area contributed by atoms with E-state index in [4.69, 9.17) is 4.74 Å². The van der Waals surface area contributed by atoms with E-state index >= 15 is 0 Å². The molecule has 3 heteroatoms. The van der Waals surface area contributed by atoms with Crippen molar-refractivity contribution in [2.75, 3.05) is 13.7 Å². The molecule has 0 amide bonds. The fourth-order valence-electron chi connectivity index (χ4n) is 3.50. The molecule has 0 bridgehead atoms. The van der Waals surface area contributed by atoms with E-state index in [0.29, 0.717) is 6.04 Å². The summed E-state index contributed by atoms with van der Waals surface area (Å²) in [6.45, 7) is 5.50. The fourth-order valence-corrected chi connectivity index (χ4v) is 3.50. The van der Waals surface area contributed by atoms with Crippen molar-refractivity contribution in [1.82, 2.24) is 10.3 Å². The zero-order valence-corrected chi connectivity index (χ0v) is 13.1. The van der Waals surface area contributed by atoms with E-state index in [2.05, 4.69) is 30.2 Å². The van der Waals surface area contributed by atoms with Gasteiger partial charge in [-0.05, 0) is 42.9 Å². The van der Waals surface area contributed by atoms with Gasteiger partial charge in [0.2, 0.25) is 0 Å². The highest BCUT2D eigenvalue weighted by atomic mass is 16.5. The first-order valence-electron chi connectivity index (χ1n) is 8.00. The van der Waals surface area contributed by atoms with Gasteiger partial charge in [0.1, 0.15) is 5.75 Å². The van der Waals surface area contributed by atoms with Crippen molar-refractivity contribution in [1.29, 1.82) is 0 Å². The Morgan fingerprint density at radius 3 is 2.90 bits per heavy atom. The second-order valence-electron chi connectivity index (χ2n) is 5.89. The van der Waals surface area contributed by atoms with Gasteiger partial charge in [-0.15, -0.1) is 0 Å². The van der Waals surface area contributed by atoms with Gasteiger partial charge in [-0.2, -0.15) is 0 Å². The zero-order chi connectivity index (χ0) is 14.4. The van der Waals surface area contributed by atoms with Crippen LogP contribution < -0.4 is 10.1 Å². The molecule has 0 spiro atoms. The third-order valence-corrected chi connectivity index (χ3v) is 4.63. The average molecular weight is 276 g/mol. The van der Waals surface area contributed by atoms with Crippen LogP contribution in [0.5, 0.6) is 5.75 Å². The van der Waals surface area contributed by atoms with Crippen LogP contribution in [0.3, 0.4) is 0 Å². The summed E-state index contributed by atoms with van der Waals surface area (Å²) in [5.74, 6) is 2.48. The van der Waals surface area contributed by atoms with Gasteiger partial charge in [-0.3, -0.25) is 4.98 Å². The lowest BCUT2D eigenvalue weighted by Crippen LogP contribution is -2.31. The van der Waals surface area contributed by atoms with E-state index in [-0.39, 0.29) is 0 Å². The number of nitrogens with zero attached hydrogens (tertiary/aromatic N) is 1. The van der Waals surface area contributed by atoms with Crippen LogP contribution in [0.25, 0.3) is 0 Å². The first-order valence-corrected chi connectivity index (χ1v) is 8.00. The molecule has 112 valence electrons. The van der Waals surface area contributed by atoms with Crippen molar-refractivity contribution in [3.8, 4) is 5.75 Å². The van der Waals surface area contributed by atoms with Crippen molar-refractivity contribution in [3.63, 3.8) is 0 Å². The molecular formula is C17H28N2O. The third-order valence-electron chi connectivity index (χ3n) is 4.63. The number of hydrogen-bond donors (Lipinski definition) is 1. The lowest BCUT2D eigenvalue weighted by atomic mass is 9.75. The Labute approximate surface area is 123 Å². The molecule has 0 radical (unpaired) electrons. The molecule has 0 aromatic carbocycles. The Bertz CT molecular complexity index is 408. The molecule has 3 nitrogen and oxygen atoms in total. The third kappa shape index (κ3) is 3.72. The number of nitrogens with one attached hydrogen (secondary N) is 1. The molecule has 1 heterocycles. The molecule has 1 aliphatic rings. The van der Waals surface area contributed by atoms with Gasteiger partial charge in [0.05, 0.1) is 13.3 Å². The Morgan fingerprint density at radius 2 is 2.20 bits per heavy atom. The lowest BCUT2D eigenvalue weighted by molar-refractivity contribution is 0.210. The number of pyridine rings is 1. The summed E-state index contributed by atoms with van der Waals surface area (Å²) in [5.41, 5.74) is 1.27. The lowest BCUT2D eigenvalue weighted by Gasteiger charge is -2.35. The van der Waals surface area contributed by atoms with Crippen LogP contribution in [-0.2, 0) is 0 Å². The maximum Gasteiger partial charge on any atom is 0.137 e. The fraction of sp³-hybridized carbons (Fsp3) is 0.706. The Kier molecular flexibility index (Phi) is 5.84. The highest BCUT2D eigenvalue weighted by molar-refractivity contribution is 5.26. The largest absolute Gasteiger partial charge is 0.495 e. The van der Waals surface area contributed by atoms with Crippen molar-refractivity contribution in [2.24, 2.45) is 11.8 Å². The van der Waals surface area contributed by atoms with E-state index < -0.39 is 0 Å². The van der Waals surface area contributed by atoms with Crippen LogP contribution in [0.15, 0.2) is 18.5 Å². The smallest absolute Gasteiger partial charge is 0.137 e. The molecule has 3 atom stereocenters. The van der Waals surface area contributed by atoms with E-state index in [9.17, 15) is 0 Å². The summed E-state index contributed by atoms with van der Waals surface area (Å²) in [4.78, 5) is 4.33. The van der Waals surface area contributed by atoms with Crippen LogP contribution in [0.1, 0.15) is 57.6 Å². The topological polar surface area (TPSA) is 34.2 Å². The standard InChI is InChI=1S/C17H28N2O/c1-4-13-7-6-8-14(9-13)17(19-5-2)15-10-16(20-3)12-18-11-15/h10-14,17,19H,4-9H2,1-3H3. The second-order valence-corrected chi connectivity index (χ2v) is 5.89. The second kappa shape index (κ2) is 7.63. The van der Waals surface area contributed by atoms with Crippen molar-refractivity contribution in [3.05, 3.63) is 24.0 Å². The number of ether oxygens (including phenoxy) is 1. The first kappa shape index (κ1) is 15.3. The molecular weight excluding hydrogens is 248 g/mol. The summed E-state index contributed by atoms with van der Waals surface area (Å²) in [6, 6.07) is 2.55. The van der Waals surface area contributed by atoms with Gasteiger partial charge in [-0.1, -0.05) is 33.1 Å². The highest BCUT2D eigenvalue weighted by Gasteiger charge is 2.28. The van der Waals surface area contributed by atoms with E-state index in [1.165, 1.54) is 37.7 Å². The Balaban J connectivity index is 2.16. The number of rotatable bonds is 6. The highest BCUT2D eigenvalue weighted by Crippen LogP contribution is 2.38. The van der Waals surface area contributed by atoms with Gasteiger partial charge < -0.3 is 10.1 Å². The van der Waals surface area contributed by atoms with Gasteiger partial charge in [0.25, 0.3) is 0 Å². The minimum absolute atomic E-state index is 0.414. The monoisotopic (exact) mass is 276 g/mol. The van der Waals surface area contributed by atoms with Crippen molar-refractivity contribution < 1.29 is 4.74 Å². The molecule has 2 rings (SSSR count). The van der Waals surface area contributed by atoms with Gasteiger partial charge >= 0.3 is 0 Å². The maximum absolute atomic E-state index is 5.32. The van der Waals surface area contributed by atoms with Crippen molar-refractivity contribution in [2.45, 2.75) is 52.0 Å². The van der Waals surface area contributed by atoms with Crippen LogP contribution in [0.2, 0.25) is 0 Å². The number of methoxy groups -OCH3 is 1. The van der Waals surface area contributed by atoms with Gasteiger partial charge in [-0.25, -0.2) is 0 Å². The van der Waals surface area contributed by atoms with Gasteiger partial charge in [0, 0.05) is 12.2 Å². The molecule has 1 fully saturated rings. The van der Waals surface area contributed by atoms with Crippen LogP contribution in [0.4, 0.5) is 0 Å². The zero-order valence-electron chi connectivity index (χ0n) is 13.1. The predicted octanol–water partition coefficient (Wildman–Crippen LogP) is 3.96. The van der Waals surface area contributed by atoms with E-state index in [0.717, 1.165) is 24.1 Å². The molecule has 20 heavy (non-hydrogen) atoms. The molecule has 1 N–H and O–H groups in total. The Morgan fingerprint density at radius 1 is 1.35 bits per heavy atom. The quantitative estimate of drug-likeness (QED) is 0.854. The first-order chi connectivity index (χ1) is 9.78. The summed E-state index contributed by atoms with van der Waals surface area (Å²) in [5, 5.41) is 3.67. The van der Waals surface area contributed by atoms with Gasteiger partial charge in [0.15, 0.2) is 0 Å². The van der Waals surface area contributed by atoms with E-state index in [1.54, 1.807) is 13.3 Å². The summed E-state index contributed by atoms with van der Waals surface area (Å²) >= 11 is 0. The molecule has 1 saturated carbocycles. The normalized spacial score (nSPS) is 24.4. The van der Waals surface area contributed by atoms with Crippen molar-refractivity contribution >= 4 is 0 Å². The SMILES string of the molecule is CCNC(c1cncc(OC)c1)C1CCCC(CC)C1. The van der Waals surface area contributed by atoms with E-state index in [1.807, 2.05) is 6.20 Å². The van der Waals surface area contributed by atoms with Crippen LogP contribution >= 0.6 is 0 Å². The molecule has 0 saturated heterocycles. The molecule has 1 aromatic heterocycles. The molecule has 3 unspecified atom stereocenters. The minimum Gasteiger partial charge on any atom is -0.495 e. The average Bonchev–Trinajstić information content (AvgIpc) is 2.52. The molecule has 0 aliphatic heterocycles. The number of aromatic nitrogens is 1. The summed E-state index contributed by atoms with van der Waals surface area (Å²) in [7, 11) is 1.71. The minimum atomic E-state index is 0.414.